The van der Waals surface area contributed by atoms with Crippen molar-refractivity contribution < 1.29 is 4.74 Å². The van der Waals surface area contributed by atoms with E-state index in [4.69, 9.17) is 4.74 Å². The average Bonchev–Trinajstić information content (AvgIpc) is 2.64. The lowest BCUT2D eigenvalue weighted by molar-refractivity contribution is 0.396. The summed E-state index contributed by atoms with van der Waals surface area (Å²) < 4.78 is 4.87. The lowest BCUT2D eigenvalue weighted by Gasteiger charge is -2.13. The molecule has 0 N–H and O–H groups in total. The summed E-state index contributed by atoms with van der Waals surface area (Å²) in [6.07, 6.45) is 5.90. The molecule has 2 rings (SSSR count). The molecule has 13 heavy (non-hydrogen) atoms. The van der Waals surface area contributed by atoms with Crippen LogP contribution in [-0.4, -0.2) is 7.11 Å². The molecule has 1 unspecified atom stereocenters. The van der Waals surface area contributed by atoms with Crippen LogP contribution in [0.25, 0.3) is 0 Å². The standard InChI is InChI=1S/C10H10O3/c1-13-10-7(8(11)9(10)12)6-4-2-3-5-6/h2,4,6H,3,5H2,1H3. The van der Waals surface area contributed by atoms with Crippen LogP contribution in [0, 0.1) is 0 Å². The minimum Gasteiger partial charge on any atom is -0.492 e. The zero-order chi connectivity index (χ0) is 9.42. The molecule has 3 nitrogen and oxygen atoms in total. The lowest BCUT2D eigenvalue weighted by atomic mass is 9.94. The molecule has 0 spiro atoms. The molecular formula is C10H10O3. The smallest absolute Gasteiger partial charge is 0.268 e. The largest absolute Gasteiger partial charge is 0.492 e. The van der Waals surface area contributed by atoms with Crippen molar-refractivity contribution in [1.82, 2.24) is 0 Å². The van der Waals surface area contributed by atoms with Gasteiger partial charge in [0.1, 0.15) is 0 Å². The fourth-order valence-electron chi connectivity index (χ4n) is 1.80. The molecule has 0 fully saturated rings. The summed E-state index contributed by atoms with van der Waals surface area (Å²) in [7, 11) is 1.43. The molecule has 3 heteroatoms. The molecule has 0 saturated carbocycles. The van der Waals surface area contributed by atoms with Crippen molar-refractivity contribution in [3.8, 4) is 5.75 Å². The monoisotopic (exact) mass is 178 g/mol. The van der Waals surface area contributed by atoms with Gasteiger partial charge in [-0.15, -0.1) is 0 Å². The van der Waals surface area contributed by atoms with Crippen LogP contribution in [0.5, 0.6) is 5.75 Å². The van der Waals surface area contributed by atoms with Gasteiger partial charge in [0.15, 0.2) is 5.75 Å². The first-order valence-electron chi connectivity index (χ1n) is 4.29. The third-order valence-corrected chi connectivity index (χ3v) is 2.49. The zero-order valence-corrected chi connectivity index (χ0v) is 7.37. The summed E-state index contributed by atoms with van der Waals surface area (Å²) in [5, 5.41) is 0. The second kappa shape index (κ2) is 2.83. The highest BCUT2D eigenvalue weighted by molar-refractivity contribution is 5.44. The molecule has 0 radical (unpaired) electrons. The van der Waals surface area contributed by atoms with Crippen molar-refractivity contribution in [1.29, 1.82) is 0 Å². The van der Waals surface area contributed by atoms with Crippen LogP contribution in [-0.2, 0) is 0 Å². The van der Waals surface area contributed by atoms with Crippen LogP contribution >= 0.6 is 0 Å². The Balaban J connectivity index is 2.41. The Morgan fingerprint density at radius 1 is 1.38 bits per heavy atom. The second-order valence-corrected chi connectivity index (χ2v) is 3.22. The molecule has 0 amide bonds. The van der Waals surface area contributed by atoms with Gasteiger partial charge in [0, 0.05) is 5.92 Å². The molecule has 1 aromatic carbocycles. The van der Waals surface area contributed by atoms with E-state index in [0.717, 1.165) is 12.8 Å². The summed E-state index contributed by atoms with van der Waals surface area (Å²) in [6, 6.07) is 0. The van der Waals surface area contributed by atoms with Gasteiger partial charge in [0.25, 0.3) is 5.43 Å². The number of hydrogen-bond acceptors (Lipinski definition) is 3. The Morgan fingerprint density at radius 3 is 2.69 bits per heavy atom. The first-order valence-corrected chi connectivity index (χ1v) is 4.29. The highest BCUT2D eigenvalue weighted by Gasteiger charge is 2.28. The summed E-state index contributed by atoms with van der Waals surface area (Å²) in [6.45, 7) is 0. The predicted octanol–water partition coefficient (Wildman–Crippen LogP) is 0.725. The van der Waals surface area contributed by atoms with Gasteiger partial charge in [-0.05, 0) is 12.8 Å². The van der Waals surface area contributed by atoms with Crippen molar-refractivity contribution in [3.63, 3.8) is 0 Å². The summed E-state index contributed by atoms with van der Waals surface area (Å²) in [5.41, 5.74) is -0.271. The summed E-state index contributed by atoms with van der Waals surface area (Å²) >= 11 is 0. The molecule has 1 aliphatic rings. The molecule has 0 bridgehead atoms. The van der Waals surface area contributed by atoms with E-state index >= 15 is 0 Å². The van der Waals surface area contributed by atoms with E-state index in [1.165, 1.54) is 7.11 Å². The topological polar surface area (TPSA) is 43.4 Å². The maximum Gasteiger partial charge on any atom is 0.268 e. The molecule has 0 aliphatic heterocycles. The Bertz CT molecular complexity index is 421. The third-order valence-electron chi connectivity index (χ3n) is 2.49. The van der Waals surface area contributed by atoms with E-state index in [1.54, 1.807) is 0 Å². The highest BCUT2D eigenvalue weighted by atomic mass is 16.5. The first kappa shape index (κ1) is 8.23. The molecule has 0 heterocycles. The van der Waals surface area contributed by atoms with E-state index in [1.807, 2.05) is 12.2 Å². The van der Waals surface area contributed by atoms with E-state index in [2.05, 4.69) is 0 Å². The van der Waals surface area contributed by atoms with Gasteiger partial charge in [0.05, 0.1) is 12.7 Å². The van der Waals surface area contributed by atoms with Crippen molar-refractivity contribution in [3.05, 3.63) is 38.2 Å². The van der Waals surface area contributed by atoms with Crippen LogP contribution in [0.3, 0.4) is 0 Å². The van der Waals surface area contributed by atoms with Gasteiger partial charge < -0.3 is 4.74 Å². The number of ether oxygens (including phenoxy) is 1. The quantitative estimate of drug-likeness (QED) is 0.495. The number of hydrogen-bond donors (Lipinski definition) is 0. The zero-order valence-electron chi connectivity index (χ0n) is 7.37. The average molecular weight is 178 g/mol. The minimum absolute atomic E-state index is 0.111. The van der Waals surface area contributed by atoms with E-state index in [-0.39, 0.29) is 17.1 Å². The van der Waals surface area contributed by atoms with Gasteiger partial charge in [-0.3, -0.25) is 9.59 Å². The third kappa shape index (κ3) is 1.03. The van der Waals surface area contributed by atoms with Gasteiger partial charge in [-0.25, -0.2) is 0 Å². The molecule has 1 aromatic rings. The maximum absolute atomic E-state index is 11.2. The lowest BCUT2D eigenvalue weighted by Crippen LogP contribution is -2.37. The van der Waals surface area contributed by atoms with Crippen molar-refractivity contribution in [2.24, 2.45) is 0 Å². The molecule has 0 aromatic heterocycles. The van der Waals surface area contributed by atoms with E-state index < -0.39 is 5.43 Å². The van der Waals surface area contributed by atoms with Crippen LogP contribution in [0.1, 0.15) is 24.3 Å². The Hall–Kier alpha value is -1.38. The van der Waals surface area contributed by atoms with Crippen molar-refractivity contribution in [2.75, 3.05) is 7.11 Å². The molecule has 1 atom stereocenters. The summed E-state index contributed by atoms with van der Waals surface area (Å²) in [4.78, 5) is 22.2. The highest BCUT2D eigenvalue weighted by Crippen LogP contribution is 2.31. The van der Waals surface area contributed by atoms with E-state index in [9.17, 15) is 9.59 Å². The first-order chi connectivity index (χ1) is 6.25. The number of allylic oxidation sites excluding steroid dienone is 2. The van der Waals surface area contributed by atoms with E-state index in [0.29, 0.717) is 5.56 Å². The van der Waals surface area contributed by atoms with Gasteiger partial charge >= 0.3 is 0 Å². The Morgan fingerprint density at radius 2 is 2.15 bits per heavy atom. The predicted molar refractivity (Wildman–Crippen MR) is 49.0 cm³/mol. The fourth-order valence-corrected chi connectivity index (χ4v) is 1.80. The van der Waals surface area contributed by atoms with Gasteiger partial charge in [-0.1, -0.05) is 12.2 Å². The van der Waals surface area contributed by atoms with Gasteiger partial charge in [0.2, 0.25) is 5.43 Å². The Kier molecular flexibility index (Phi) is 1.79. The number of rotatable bonds is 2. The van der Waals surface area contributed by atoms with Crippen LogP contribution in [0.2, 0.25) is 0 Å². The fraction of sp³-hybridized carbons (Fsp3) is 0.400. The summed E-state index contributed by atoms with van der Waals surface area (Å²) in [5.74, 6) is 0.377. The molecule has 68 valence electrons. The normalized spacial score (nSPS) is 21.2. The van der Waals surface area contributed by atoms with Crippen molar-refractivity contribution in [2.45, 2.75) is 18.8 Å². The minimum atomic E-state index is -0.474. The van der Waals surface area contributed by atoms with Crippen LogP contribution in [0.4, 0.5) is 0 Å². The molecular weight excluding hydrogens is 168 g/mol. The Labute approximate surface area is 75.3 Å². The molecule has 0 saturated heterocycles. The van der Waals surface area contributed by atoms with Crippen LogP contribution in [0.15, 0.2) is 21.7 Å². The maximum atomic E-state index is 11.2. The van der Waals surface area contributed by atoms with Gasteiger partial charge in [-0.2, -0.15) is 0 Å². The van der Waals surface area contributed by atoms with Crippen molar-refractivity contribution >= 4 is 0 Å². The van der Waals surface area contributed by atoms with Crippen LogP contribution < -0.4 is 15.6 Å². The second-order valence-electron chi connectivity index (χ2n) is 3.22. The number of methoxy groups -OCH3 is 1. The SMILES string of the molecule is COc1c(C2C=CCC2)c(=O)c1=O. The molecule has 1 aliphatic carbocycles.